The lowest BCUT2D eigenvalue weighted by atomic mass is 9.83. The summed E-state index contributed by atoms with van der Waals surface area (Å²) >= 11 is 1.90. The van der Waals surface area contributed by atoms with Crippen LogP contribution in [0.15, 0.2) is 17.5 Å². The highest BCUT2D eigenvalue weighted by Crippen LogP contribution is 2.30. The van der Waals surface area contributed by atoms with Gasteiger partial charge in [0.05, 0.1) is 0 Å². The monoisotopic (exact) mass is 308 g/mol. The van der Waals surface area contributed by atoms with Gasteiger partial charge in [0.1, 0.15) is 0 Å². The van der Waals surface area contributed by atoms with Gasteiger partial charge < -0.3 is 5.32 Å². The fourth-order valence-corrected chi connectivity index (χ4v) is 4.44. The molecule has 1 aliphatic rings. The van der Waals surface area contributed by atoms with Gasteiger partial charge in [0.2, 0.25) is 0 Å². The minimum Gasteiger partial charge on any atom is -0.312 e. The Morgan fingerprint density at radius 3 is 2.62 bits per heavy atom. The summed E-state index contributed by atoms with van der Waals surface area (Å²) in [5, 5.41) is 5.99. The van der Waals surface area contributed by atoms with Crippen LogP contribution < -0.4 is 5.32 Å². The molecule has 1 saturated heterocycles. The van der Waals surface area contributed by atoms with Crippen molar-refractivity contribution in [2.75, 3.05) is 19.6 Å². The van der Waals surface area contributed by atoms with Crippen molar-refractivity contribution in [2.24, 2.45) is 0 Å². The molecule has 1 aromatic rings. The molecule has 2 atom stereocenters. The lowest BCUT2D eigenvalue weighted by Crippen LogP contribution is -2.60. The number of aryl methyl sites for hydroxylation is 1. The number of piperidine rings is 1. The summed E-state index contributed by atoms with van der Waals surface area (Å²) in [6.45, 7) is 10.7. The van der Waals surface area contributed by atoms with Gasteiger partial charge in [-0.3, -0.25) is 4.90 Å². The van der Waals surface area contributed by atoms with E-state index in [9.17, 15) is 0 Å². The van der Waals surface area contributed by atoms with Crippen LogP contribution in [0.1, 0.15) is 57.8 Å². The molecule has 21 heavy (non-hydrogen) atoms. The second-order valence-corrected chi connectivity index (χ2v) is 7.52. The number of nitrogens with zero attached hydrogens (tertiary/aromatic N) is 1. The second kappa shape index (κ2) is 8.30. The van der Waals surface area contributed by atoms with Crippen LogP contribution in [0.5, 0.6) is 0 Å². The van der Waals surface area contributed by atoms with Crippen LogP contribution in [-0.4, -0.2) is 36.1 Å². The number of likely N-dealkylation sites (tertiary alicyclic amines) is 1. The van der Waals surface area contributed by atoms with E-state index in [0.717, 1.165) is 6.54 Å². The summed E-state index contributed by atoms with van der Waals surface area (Å²) in [6.07, 6.45) is 7.85. The van der Waals surface area contributed by atoms with Crippen LogP contribution >= 0.6 is 11.3 Å². The normalized spacial score (nSPS) is 21.1. The molecule has 3 heteroatoms. The fourth-order valence-electron chi connectivity index (χ4n) is 3.72. The Labute approximate surface area is 134 Å². The maximum atomic E-state index is 3.80. The molecule has 2 nitrogen and oxygen atoms in total. The second-order valence-electron chi connectivity index (χ2n) is 6.49. The molecule has 2 unspecified atom stereocenters. The predicted octanol–water partition coefficient (Wildman–Crippen LogP) is 4.31. The third kappa shape index (κ3) is 4.30. The van der Waals surface area contributed by atoms with Gasteiger partial charge in [-0.1, -0.05) is 26.3 Å². The molecule has 2 heterocycles. The molecule has 0 aliphatic carbocycles. The largest absolute Gasteiger partial charge is 0.312 e. The zero-order chi connectivity index (χ0) is 15.1. The van der Waals surface area contributed by atoms with E-state index in [2.05, 4.69) is 48.5 Å². The highest BCUT2D eigenvalue weighted by Gasteiger charge is 2.37. The van der Waals surface area contributed by atoms with Gasteiger partial charge >= 0.3 is 0 Å². The van der Waals surface area contributed by atoms with Crippen molar-refractivity contribution >= 4 is 11.3 Å². The molecule has 1 fully saturated rings. The minimum absolute atomic E-state index is 0.299. The van der Waals surface area contributed by atoms with Crippen molar-refractivity contribution < 1.29 is 0 Å². The average molecular weight is 309 g/mol. The fraction of sp³-hybridized carbons (Fsp3) is 0.778. The molecule has 0 bridgehead atoms. The Balaban J connectivity index is 2.04. The van der Waals surface area contributed by atoms with E-state index in [1.165, 1.54) is 56.5 Å². The maximum absolute atomic E-state index is 3.80. The van der Waals surface area contributed by atoms with Gasteiger partial charge in [-0.2, -0.15) is 0 Å². The van der Waals surface area contributed by atoms with Crippen LogP contribution in [0.3, 0.4) is 0 Å². The summed E-state index contributed by atoms with van der Waals surface area (Å²) in [7, 11) is 0. The topological polar surface area (TPSA) is 15.3 Å². The van der Waals surface area contributed by atoms with Crippen molar-refractivity contribution in [2.45, 2.75) is 70.9 Å². The van der Waals surface area contributed by atoms with E-state index in [1.54, 1.807) is 0 Å². The van der Waals surface area contributed by atoms with Crippen LogP contribution in [-0.2, 0) is 6.42 Å². The van der Waals surface area contributed by atoms with Crippen molar-refractivity contribution in [1.29, 1.82) is 0 Å². The lowest BCUT2D eigenvalue weighted by molar-refractivity contribution is 0.0408. The number of likely N-dealkylation sites (N-methyl/N-ethyl adjacent to an activating group) is 1. The lowest BCUT2D eigenvalue weighted by Gasteiger charge is -2.48. The summed E-state index contributed by atoms with van der Waals surface area (Å²) in [4.78, 5) is 4.29. The van der Waals surface area contributed by atoms with E-state index < -0.39 is 0 Å². The summed E-state index contributed by atoms with van der Waals surface area (Å²) in [5.41, 5.74) is 0.299. The van der Waals surface area contributed by atoms with Crippen molar-refractivity contribution in [3.63, 3.8) is 0 Å². The van der Waals surface area contributed by atoms with Gasteiger partial charge in [0.25, 0.3) is 0 Å². The van der Waals surface area contributed by atoms with E-state index in [0.29, 0.717) is 11.6 Å². The van der Waals surface area contributed by atoms with Gasteiger partial charge in [0, 0.05) is 16.5 Å². The summed E-state index contributed by atoms with van der Waals surface area (Å²) in [6, 6.07) is 5.04. The Hall–Kier alpha value is -0.380. The Morgan fingerprint density at radius 2 is 2.05 bits per heavy atom. The van der Waals surface area contributed by atoms with Crippen LogP contribution in [0.4, 0.5) is 0 Å². The average Bonchev–Trinajstić information content (AvgIpc) is 3.05. The van der Waals surface area contributed by atoms with Crippen molar-refractivity contribution in [1.82, 2.24) is 10.2 Å². The molecule has 0 aromatic carbocycles. The minimum atomic E-state index is 0.299. The molecular formula is C18H32N2S. The van der Waals surface area contributed by atoms with Crippen molar-refractivity contribution in [3.05, 3.63) is 22.4 Å². The number of hydrogen-bond donors (Lipinski definition) is 1. The first-order valence-corrected chi connectivity index (χ1v) is 9.59. The molecule has 0 spiro atoms. The van der Waals surface area contributed by atoms with Gasteiger partial charge in [-0.05, 0) is 70.1 Å². The Morgan fingerprint density at radius 1 is 1.29 bits per heavy atom. The molecule has 1 aromatic heterocycles. The van der Waals surface area contributed by atoms with Crippen molar-refractivity contribution in [3.8, 4) is 0 Å². The SMILES string of the molecule is CCNC(CCc1cccs1)C(C)(CC)N1CCCCC1. The zero-order valence-corrected chi connectivity index (χ0v) is 14.8. The molecule has 120 valence electrons. The highest BCUT2D eigenvalue weighted by molar-refractivity contribution is 7.09. The van der Waals surface area contributed by atoms with Crippen LogP contribution in [0.2, 0.25) is 0 Å². The zero-order valence-electron chi connectivity index (χ0n) is 14.0. The van der Waals surface area contributed by atoms with Crippen LogP contribution in [0.25, 0.3) is 0 Å². The van der Waals surface area contributed by atoms with E-state index in [1.807, 2.05) is 11.3 Å². The Bertz CT molecular complexity index is 384. The third-order valence-corrected chi connectivity index (χ3v) is 6.19. The summed E-state index contributed by atoms with van der Waals surface area (Å²) < 4.78 is 0. The molecular weight excluding hydrogens is 276 g/mol. The van der Waals surface area contributed by atoms with Gasteiger partial charge in [-0.15, -0.1) is 11.3 Å². The first-order chi connectivity index (χ1) is 10.2. The molecule has 0 saturated carbocycles. The molecule has 1 aliphatic heterocycles. The van der Waals surface area contributed by atoms with E-state index in [-0.39, 0.29) is 0 Å². The molecule has 2 rings (SSSR count). The highest BCUT2D eigenvalue weighted by atomic mass is 32.1. The number of thiophene rings is 1. The Kier molecular flexibility index (Phi) is 6.72. The standard InChI is InChI=1S/C18H32N2S/c1-4-18(3,20-13-7-6-8-14-20)17(19-5-2)12-11-16-10-9-15-21-16/h9-10,15,17,19H,4-8,11-14H2,1-3H3. The molecule has 0 amide bonds. The van der Waals surface area contributed by atoms with E-state index in [4.69, 9.17) is 0 Å². The van der Waals surface area contributed by atoms with Gasteiger partial charge in [0.15, 0.2) is 0 Å². The molecule has 0 radical (unpaired) electrons. The maximum Gasteiger partial charge on any atom is 0.0331 e. The number of nitrogens with one attached hydrogen (secondary N) is 1. The predicted molar refractivity (Wildman–Crippen MR) is 94.2 cm³/mol. The first-order valence-electron chi connectivity index (χ1n) is 8.71. The smallest absolute Gasteiger partial charge is 0.0331 e. The summed E-state index contributed by atoms with van der Waals surface area (Å²) in [5.74, 6) is 0. The third-order valence-electron chi connectivity index (χ3n) is 5.25. The van der Waals surface area contributed by atoms with Gasteiger partial charge in [-0.25, -0.2) is 0 Å². The first kappa shape index (κ1) is 17.0. The number of rotatable bonds is 8. The van der Waals surface area contributed by atoms with E-state index >= 15 is 0 Å². The molecule has 1 N–H and O–H groups in total. The number of hydrogen-bond acceptors (Lipinski definition) is 3. The van der Waals surface area contributed by atoms with Crippen LogP contribution in [0, 0.1) is 0 Å². The quantitative estimate of drug-likeness (QED) is 0.769.